The molecule has 2 N–H and O–H groups in total. The lowest BCUT2D eigenvalue weighted by Gasteiger charge is -2.35. The van der Waals surface area contributed by atoms with Crippen molar-refractivity contribution in [1.29, 1.82) is 0 Å². The molecule has 1 aliphatic rings. The monoisotopic (exact) mass is 187 g/mol. The summed E-state index contributed by atoms with van der Waals surface area (Å²) in [6.45, 7) is 4.19. The molecule has 0 bridgehead atoms. The van der Waals surface area contributed by atoms with E-state index in [0.717, 1.165) is 19.4 Å². The third kappa shape index (κ3) is 1.84. The van der Waals surface area contributed by atoms with Gasteiger partial charge in [0.25, 0.3) is 0 Å². The van der Waals surface area contributed by atoms with Crippen molar-refractivity contribution in [1.82, 2.24) is 4.90 Å². The molecule has 1 saturated heterocycles. The van der Waals surface area contributed by atoms with Gasteiger partial charge in [0.15, 0.2) is 0 Å². The van der Waals surface area contributed by atoms with Gasteiger partial charge < -0.3 is 10.2 Å². The molecule has 0 aromatic rings. The van der Waals surface area contributed by atoms with Crippen LogP contribution in [0.25, 0.3) is 0 Å². The molecule has 0 spiro atoms. The maximum Gasteiger partial charge on any atom is 0.323 e. The van der Waals surface area contributed by atoms with Gasteiger partial charge in [-0.2, -0.15) is 0 Å². The van der Waals surface area contributed by atoms with E-state index >= 15 is 0 Å². The summed E-state index contributed by atoms with van der Waals surface area (Å²) >= 11 is 0. The first kappa shape index (κ1) is 10.5. The largest absolute Gasteiger partial charge is 0.480 e. The number of hydrogen-bond acceptors (Lipinski definition) is 3. The molecule has 1 fully saturated rings. The van der Waals surface area contributed by atoms with Crippen molar-refractivity contribution in [3.8, 4) is 0 Å². The van der Waals surface area contributed by atoms with Gasteiger partial charge in [0.2, 0.25) is 0 Å². The van der Waals surface area contributed by atoms with Crippen molar-refractivity contribution in [2.75, 3.05) is 13.2 Å². The summed E-state index contributed by atoms with van der Waals surface area (Å²) in [5.74, 6) is -0.826. The molecule has 76 valence electrons. The van der Waals surface area contributed by atoms with Crippen LogP contribution in [0.2, 0.25) is 0 Å². The topological polar surface area (TPSA) is 60.8 Å². The normalized spacial score (nSPS) is 25.0. The molecular weight excluding hydrogens is 170 g/mol. The molecule has 0 amide bonds. The minimum atomic E-state index is -0.857. The Hall–Kier alpha value is -0.610. The Morgan fingerprint density at radius 3 is 2.69 bits per heavy atom. The summed E-state index contributed by atoms with van der Waals surface area (Å²) in [5.41, 5.74) is -0.857. The molecule has 0 saturated carbocycles. The molecule has 0 aromatic heterocycles. The van der Waals surface area contributed by atoms with Crippen LogP contribution in [-0.4, -0.2) is 45.8 Å². The Kier molecular flexibility index (Phi) is 2.93. The average molecular weight is 187 g/mol. The zero-order chi connectivity index (χ0) is 10.1. The lowest BCUT2D eigenvalue weighted by molar-refractivity contribution is -0.150. The summed E-state index contributed by atoms with van der Waals surface area (Å²) in [6.07, 6.45) is 1.87. The molecule has 13 heavy (non-hydrogen) atoms. The van der Waals surface area contributed by atoms with Crippen molar-refractivity contribution in [2.24, 2.45) is 0 Å². The van der Waals surface area contributed by atoms with Gasteiger partial charge in [-0.3, -0.25) is 9.69 Å². The minimum absolute atomic E-state index is 0.0195. The fourth-order valence-electron chi connectivity index (χ4n) is 1.88. The van der Waals surface area contributed by atoms with Crippen LogP contribution in [-0.2, 0) is 4.79 Å². The number of rotatable bonds is 3. The standard InChI is InChI=1S/C9H17NO3/c1-9(2,8(12)13)10-5-3-4-7(10)6-11/h7,11H,3-6H2,1-2H3,(H,12,13). The Balaban J connectivity index is 2.74. The quantitative estimate of drug-likeness (QED) is 0.667. The molecule has 0 radical (unpaired) electrons. The predicted molar refractivity (Wildman–Crippen MR) is 48.5 cm³/mol. The number of aliphatic hydroxyl groups is 1. The van der Waals surface area contributed by atoms with Crippen molar-refractivity contribution >= 4 is 5.97 Å². The van der Waals surface area contributed by atoms with E-state index in [2.05, 4.69) is 0 Å². The average Bonchev–Trinajstić information content (AvgIpc) is 2.51. The van der Waals surface area contributed by atoms with E-state index in [-0.39, 0.29) is 12.6 Å². The van der Waals surface area contributed by atoms with Crippen LogP contribution >= 0.6 is 0 Å². The second kappa shape index (κ2) is 3.64. The Labute approximate surface area is 78.2 Å². The highest BCUT2D eigenvalue weighted by molar-refractivity contribution is 5.77. The lowest BCUT2D eigenvalue weighted by atomic mass is 10.0. The van der Waals surface area contributed by atoms with Crippen LogP contribution in [0.5, 0.6) is 0 Å². The van der Waals surface area contributed by atoms with E-state index in [4.69, 9.17) is 10.2 Å². The number of hydrogen-bond donors (Lipinski definition) is 2. The molecule has 1 atom stereocenters. The molecular formula is C9H17NO3. The van der Waals surface area contributed by atoms with Gasteiger partial charge in [0.1, 0.15) is 5.54 Å². The van der Waals surface area contributed by atoms with Gasteiger partial charge >= 0.3 is 5.97 Å². The number of aliphatic carboxylic acids is 1. The molecule has 0 aromatic carbocycles. The first-order chi connectivity index (χ1) is 6.00. The van der Waals surface area contributed by atoms with Gasteiger partial charge in [0.05, 0.1) is 6.61 Å². The molecule has 0 aliphatic carbocycles. The highest BCUT2D eigenvalue weighted by Gasteiger charge is 2.40. The van der Waals surface area contributed by atoms with Gasteiger partial charge in [-0.1, -0.05) is 0 Å². The number of carbonyl (C=O) groups is 1. The van der Waals surface area contributed by atoms with Crippen LogP contribution in [0, 0.1) is 0 Å². The van der Waals surface area contributed by atoms with Crippen LogP contribution < -0.4 is 0 Å². The van der Waals surface area contributed by atoms with E-state index in [9.17, 15) is 4.79 Å². The Bertz CT molecular complexity index is 203. The number of aliphatic hydroxyl groups excluding tert-OH is 1. The maximum absolute atomic E-state index is 10.9. The van der Waals surface area contributed by atoms with E-state index in [1.807, 2.05) is 4.90 Å². The first-order valence-corrected chi connectivity index (χ1v) is 4.61. The van der Waals surface area contributed by atoms with Gasteiger partial charge in [-0.05, 0) is 33.2 Å². The van der Waals surface area contributed by atoms with E-state index in [0.29, 0.717) is 0 Å². The summed E-state index contributed by atoms with van der Waals surface area (Å²) in [7, 11) is 0. The summed E-state index contributed by atoms with van der Waals surface area (Å²) in [6, 6.07) is 0.0195. The van der Waals surface area contributed by atoms with Gasteiger partial charge in [-0.15, -0.1) is 0 Å². The molecule has 4 heteroatoms. The SMILES string of the molecule is CC(C)(C(=O)O)N1CCCC1CO. The third-order valence-electron chi connectivity index (χ3n) is 2.83. The van der Waals surface area contributed by atoms with E-state index in [1.165, 1.54) is 0 Å². The smallest absolute Gasteiger partial charge is 0.323 e. The number of carboxylic acids is 1. The lowest BCUT2D eigenvalue weighted by Crippen LogP contribution is -2.53. The summed E-state index contributed by atoms with van der Waals surface area (Å²) in [5, 5.41) is 18.0. The molecule has 1 aliphatic heterocycles. The van der Waals surface area contributed by atoms with Crippen molar-refractivity contribution < 1.29 is 15.0 Å². The first-order valence-electron chi connectivity index (χ1n) is 4.61. The van der Waals surface area contributed by atoms with Crippen LogP contribution in [0.3, 0.4) is 0 Å². The highest BCUT2D eigenvalue weighted by Crippen LogP contribution is 2.26. The zero-order valence-electron chi connectivity index (χ0n) is 8.16. The second-order valence-electron chi connectivity index (χ2n) is 4.04. The fourth-order valence-corrected chi connectivity index (χ4v) is 1.88. The van der Waals surface area contributed by atoms with Crippen LogP contribution in [0.1, 0.15) is 26.7 Å². The number of carboxylic acid groups (broad SMARTS) is 1. The molecule has 1 rings (SSSR count). The Morgan fingerprint density at radius 1 is 1.62 bits per heavy atom. The summed E-state index contributed by atoms with van der Waals surface area (Å²) in [4.78, 5) is 12.8. The zero-order valence-corrected chi connectivity index (χ0v) is 8.16. The minimum Gasteiger partial charge on any atom is -0.480 e. The molecule has 4 nitrogen and oxygen atoms in total. The van der Waals surface area contributed by atoms with Crippen LogP contribution in [0.4, 0.5) is 0 Å². The van der Waals surface area contributed by atoms with Crippen molar-refractivity contribution in [3.63, 3.8) is 0 Å². The van der Waals surface area contributed by atoms with Gasteiger partial charge in [-0.25, -0.2) is 0 Å². The van der Waals surface area contributed by atoms with Crippen molar-refractivity contribution in [2.45, 2.75) is 38.3 Å². The fraction of sp³-hybridized carbons (Fsp3) is 0.889. The highest BCUT2D eigenvalue weighted by atomic mass is 16.4. The van der Waals surface area contributed by atoms with E-state index < -0.39 is 11.5 Å². The number of likely N-dealkylation sites (tertiary alicyclic amines) is 1. The second-order valence-corrected chi connectivity index (χ2v) is 4.04. The van der Waals surface area contributed by atoms with Gasteiger partial charge in [0, 0.05) is 6.04 Å². The Morgan fingerprint density at radius 2 is 2.23 bits per heavy atom. The van der Waals surface area contributed by atoms with Crippen LogP contribution in [0.15, 0.2) is 0 Å². The maximum atomic E-state index is 10.9. The van der Waals surface area contributed by atoms with Crippen molar-refractivity contribution in [3.05, 3.63) is 0 Å². The number of nitrogens with zero attached hydrogens (tertiary/aromatic N) is 1. The third-order valence-corrected chi connectivity index (χ3v) is 2.83. The molecule has 1 unspecified atom stereocenters. The predicted octanol–water partition coefficient (Wildman–Crippen LogP) is 0.306. The van der Waals surface area contributed by atoms with E-state index in [1.54, 1.807) is 13.8 Å². The summed E-state index contributed by atoms with van der Waals surface area (Å²) < 4.78 is 0. The molecule has 1 heterocycles.